The van der Waals surface area contributed by atoms with E-state index in [1.165, 1.54) is 0 Å². The average molecular weight is 583 g/mol. The number of sulfonamides is 1. The highest BCUT2D eigenvalue weighted by Crippen LogP contribution is 2.36. The van der Waals surface area contributed by atoms with Crippen molar-refractivity contribution in [1.82, 2.24) is 19.7 Å². The second-order valence-corrected chi connectivity index (χ2v) is 12.4. The van der Waals surface area contributed by atoms with Gasteiger partial charge in [-0.15, -0.1) is 0 Å². The van der Waals surface area contributed by atoms with Crippen molar-refractivity contribution in [2.45, 2.75) is 24.1 Å². The summed E-state index contributed by atoms with van der Waals surface area (Å²) in [5.74, 6) is 0.296. The molecule has 182 valence electrons. The number of amides is 1. The maximum atomic E-state index is 12.4. The van der Waals surface area contributed by atoms with E-state index in [1.807, 2.05) is 60.7 Å². The molecule has 1 amide bonds. The topological polar surface area (TPSA) is 117 Å². The molecule has 0 spiro atoms. The van der Waals surface area contributed by atoms with Crippen molar-refractivity contribution in [3.8, 4) is 0 Å². The van der Waals surface area contributed by atoms with Crippen LogP contribution >= 0.6 is 27.3 Å². The number of rotatable bonds is 6. The summed E-state index contributed by atoms with van der Waals surface area (Å²) < 4.78 is 28.5. The van der Waals surface area contributed by atoms with E-state index < -0.39 is 21.2 Å². The van der Waals surface area contributed by atoms with Gasteiger partial charge in [0.05, 0.1) is 33.7 Å². The quantitative estimate of drug-likeness (QED) is 0.253. The molecule has 3 N–H and O–H groups in total. The Hall–Kier alpha value is -3.28. The van der Waals surface area contributed by atoms with Crippen LogP contribution in [-0.4, -0.2) is 29.3 Å². The number of H-pyrrole nitrogens is 1. The third-order valence-corrected chi connectivity index (χ3v) is 9.52. The van der Waals surface area contributed by atoms with Crippen molar-refractivity contribution in [3.63, 3.8) is 0 Å². The molecular weight excluding hydrogens is 562 g/mol. The molecule has 1 aliphatic heterocycles. The Kier molecular flexibility index (Phi) is 5.78. The van der Waals surface area contributed by atoms with Gasteiger partial charge in [-0.2, -0.15) is 0 Å². The summed E-state index contributed by atoms with van der Waals surface area (Å²) in [6.45, 7) is 0. The van der Waals surface area contributed by atoms with Crippen LogP contribution < -0.4 is 10.0 Å². The first-order chi connectivity index (χ1) is 17.4. The van der Waals surface area contributed by atoms with E-state index in [2.05, 4.69) is 31.0 Å². The number of halogens is 1. The Balaban J connectivity index is 1.34. The van der Waals surface area contributed by atoms with Crippen LogP contribution in [0.15, 0.2) is 71.2 Å². The molecule has 2 unspecified atom stereocenters. The molecule has 11 heteroatoms. The Morgan fingerprint density at radius 2 is 1.83 bits per heavy atom. The van der Waals surface area contributed by atoms with Crippen LogP contribution in [0, 0.1) is 0 Å². The number of benzene rings is 3. The fourth-order valence-electron chi connectivity index (χ4n) is 4.46. The summed E-state index contributed by atoms with van der Waals surface area (Å²) in [5.41, 5.74) is 4.30. The molecule has 0 radical (unpaired) electrons. The van der Waals surface area contributed by atoms with Crippen LogP contribution in [0.2, 0.25) is 0 Å². The SMILES string of the molecule is O=C1CC(c2ccc(CC(Nc3nc4ccccc4s3)c3nc4ccccc4[nH]3)cc2Br)S(=O)(=O)N1. The summed E-state index contributed by atoms with van der Waals surface area (Å²) in [6.07, 6.45) is 0.490. The van der Waals surface area contributed by atoms with E-state index in [0.717, 1.165) is 37.8 Å². The summed E-state index contributed by atoms with van der Waals surface area (Å²) in [6, 6.07) is 21.2. The molecule has 2 atom stereocenters. The summed E-state index contributed by atoms with van der Waals surface area (Å²) in [7, 11) is -3.72. The van der Waals surface area contributed by atoms with Gasteiger partial charge >= 0.3 is 0 Å². The van der Waals surface area contributed by atoms with Gasteiger partial charge in [-0.25, -0.2) is 18.4 Å². The van der Waals surface area contributed by atoms with Crippen molar-refractivity contribution in [1.29, 1.82) is 0 Å². The smallest absolute Gasteiger partial charge is 0.242 e. The van der Waals surface area contributed by atoms with Crippen molar-refractivity contribution in [3.05, 3.63) is 88.2 Å². The number of carbonyl (C=O) groups is 1. The molecule has 8 nitrogen and oxygen atoms in total. The fraction of sp³-hybridized carbons (Fsp3) is 0.160. The molecule has 0 aliphatic carbocycles. The molecule has 36 heavy (non-hydrogen) atoms. The molecule has 3 aromatic carbocycles. The number of fused-ring (bicyclic) bond motifs is 2. The van der Waals surface area contributed by atoms with Gasteiger partial charge < -0.3 is 10.3 Å². The van der Waals surface area contributed by atoms with Gasteiger partial charge in [0.15, 0.2) is 5.13 Å². The number of imidazole rings is 1. The number of aromatic nitrogens is 3. The number of nitrogens with zero attached hydrogens (tertiary/aromatic N) is 2. The lowest BCUT2D eigenvalue weighted by atomic mass is 10.0. The van der Waals surface area contributed by atoms with E-state index >= 15 is 0 Å². The van der Waals surface area contributed by atoms with E-state index in [1.54, 1.807) is 17.4 Å². The zero-order valence-electron chi connectivity index (χ0n) is 18.7. The number of aromatic amines is 1. The van der Waals surface area contributed by atoms with Gasteiger partial charge in [0.1, 0.15) is 11.1 Å². The number of hydrogen-bond donors (Lipinski definition) is 3. The molecule has 0 bridgehead atoms. The maximum absolute atomic E-state index is 12.4. The monoisotopic (exact) mass is 581 g/mol. The lowest BCUT2D eigenvalue weighted by Crippen LogP contribution is -2.21. The molecule has 1 aliphatic rings. The summed E-state index contributed by atoms with van der Waals surface area (Å²) in [5, 5.41) is 3.44. The summed E-state index contributed by atoms with van der Waals surface area (Å²) in [4.78, 5) is 24.7. The van der Waals surface area contributed by atoms with Gasteiger partial charge in [-0.05, 0) is 47.9 Å². The molecule has 1 saturated heterocycles. The number of nitrogens with one attached hydrogen (secondary N) is 3. The lowest BCUT2D eigenvalue weighted by Gasteiger charge is -2.18. The Labute approximate surface area is 219 Å². The zero-order chi connectivity index (χ0) is 24.9. The minimum Gasteiger partial charge on any atom is -0.351 e. The Morgan fingerprint density at radius 1 is 1.06 bits per heavy atom. The number of carbonyl (C=O) groups excluding carboxylic acids is 1. The van der Waals surface area contributed by atoms with Crippen molar-refractivity contribution >= 4 is 69.6 Å². The third kappa shape index (κ3) is 4.38. The lowest BCUT2D eigenvalue weighted by molar-refractivity contribution is -0.118. The maximum Gasteiger partial charge on any atom is 0.242 e. The first-order valence-electron chi connectivity index (χ1n) is 11.3. The minimum absolute atomic E-state index is 0.0823. The van der Waals surface area contributed by atoms with Gasteiger partial charge in [-0.3, -0.25) is 9.52 Å². The first kappa shape index (κ1) is 23.1. The van der Waals surface area contributed by atoms with Crippen molar-refractivity contribution < 1.29 is 13.2 Å². The van der Waals surface area contributed by atoms with Crippen molar-refractivity contribution in [2.75, 3.05) is 5.32 Å². The zero-order valence-corrected chi connectivity index (χ0v) is 22.0. The molecular formula is C25H20BrN5O3S2. The molecule has 1 fully saturated rings. The number of thiazole rings is 1. The molecule has 6 rings (SSSR count). The fourth-order valence-corrected chi connectivity index (χ4v) is 7.68. The predicted molar refractivity (Wildman–Crippen MR) is 144 cm³/mol. The van der Waals surface area contributed by atoms with Crippen LogP contribution in [0.1, 0.15) is 34.7 Å². The van der Waals surface area contributed by atoms with Crippen LogP contribution in [0.5, 0.6) is 0 Å². The van der Waals surface area contributed by atoms with Crippen LogP contribution in [0.3, 0.4) is 0 Å². The van der Waals surface area contributed by atoms with E-state index in [0.29, 0.717) is 16.5 Å². The summed E-state index contributed by atoms with van der Waals surface area (Å²) >= 11 is 5.12. The van der Waals surface area contributed by atoms with E-state index in [4.69, 9.17) is 9.97 Å². The second-order valence-electron chi connectivity index (χ2n) is 8.65. The van der Waals surface area contributed by atoms with Crippen LogP contribution in [0.25, 0.3) is 21.3 Å². The number of hydrogen-bond acceptors (Lipinski definition) is 7. The van der Waals surface area contributed by atoms with Gasteiger partial charge in [0, 0.05) is 4.47 Å². The Morgan fingerprint density at radius 3 is 2.56 bits per heavy atom. The standard InChI is InChI=1S/C25H20BrN5O3S2/c26-16-11-14(9-10-15(16)22-13-23(32)31-36(22,33)34)12-20(24-27-17-5-1-2-6-18(17)28-24)30-25-29-19-7-3-4-8-21(19)35-25/h1-11,20,22H,12-13H2,(H,27,28)(H,29,30)(H,31,32). The minimum atomic E-state index is -3.72. The highest BCUT2D eigenvalue weighted by atomic mass is 79.9. The number of anilines is 1. The van der Waals surface area contributed by atoms with Gasteiger partial charge in [0.2, 0.25) is 15.9 Å². The molecule has 0 saturated carbocycles. The molecule has 5 aromatic rings. The van der Waals surface area contributed by atoms with Crippen molar-refractivity contribution in [2.24, 2.45) is 0 Å². The second kappa shape index (κ2) is 8.99. The largest absolute Gasteiger partial charge is 0.351 e. The highest BCUT2D eigenvalue weighted by Gasteiger charge is 2.38. The van der Waals surface area contributed by atoms with Gasteiger partial charge in [-0.1, -0.05) is 63.7 Å². The Bertz CT molecular complexity index is 1660. The highest BCUT2D eigenvalue weighted by molar-refractivity contribution is 9.10. The van der Waals surface area contributed by atoms with Gasteiger partial charge in [0.25, 0.3) is 0 Å². The predicted octanol–water partition coefficient (Wildman–Crippen LogP) is 5.22. The third-order valence-electron chi connectivity index (χ3n) is 6.18. The van der Waals surface area contributed by atoms with E-state index in [9.17, 15) is 13.2 Å². The molecule has 2 aromatic heterocycles. The normalized spacial score (nSPS) is 17.9. The van der Waals surface area contributed by atoms with Crippen LogP contribution in [-0.2, 0) is 21.2 Å². The van der Waals surface area contributed by atoms with E-state index in [-0.39, 0.29) is 12.5 Å². The average Bonchev–Trinajstić information content (AvgIpc) is 3.52. The molecule has 3 heterocycles. The van der Waals surface area contributed by atoms with Crippen LogP contribution in [0.4, 0.5) is 5.13 Å². The first-order valence-corrected chi connectivity index (χ1v) is 14.4. The number of para-hydroxylation sites is 3.